The van der Waals surface area contributed by atoms with E-state index in [1.54, 1.807) is 31.8 Å². The van der Waals surface area contributed by atoms with Crippen molar-refractivity contribution in [2.75, 3.05) is 12.3 Å². The van der Waals surface area contributed by atoms with Crippen molar-refractivity contribution in [1.29, 1.82) is 0 Å². The molecule has 1 atom stereocenters. The average Bonchev–Trinajstić information content (AvgIpc) is 3.66. The Hall–Kier alpha value is -3.71. The molecule has 8 nitrogen and oxygen atoms in total. The number of hydrogen-bond acceptors (Lipinski definition) is 9. The van der Waals surface area contributed by atoms with E-state index in [1.165, 1.54) is 34.8 Å². The number of aromatic nitrogens is 4. The van der Waals surface area contributed by atoms with Crippen molar-refractivity contribution in [2.24, 2.45) is 7.05 Å². The van der Waals surface area contributed by atoms with E-state index in [0.29, 0.717) is 52.9 Å². The summed E-state index contributed by atoms with van der Waals surface area (Å²) in [6.07, 6.45) is 2.69. The third kappa shape index (κ3) is 4.80. The summed E-state index contributed by atoms with van der Waals surface area (Å²) in [6.45, 7) is 8.42. The molecule has 1 aliphatic rings. The van der Waals surface area contributed by atoms with Gasteiger partial charge in [-0.15, -0.1) is 22.7 Å². The number of hydrogen-bond donors (Lipinski definition) is 2. The smallest absolute Gasteiger partial charge is 0.143 e. The van der Waals surface area contributed by atoms with Crippen molar-refractivity contribution in [2.45, 2.75) is 39.1 Å². The number of aryl methyl sites for hydroxylation is 1. The van der Waals surface area contributed by atoms with E-state index in [-0.39, 0.29) is 17.4 Å². The van der Waals surface area contributed by atoms with E-state index in [1.807, 2.05) is 16.3 Å². The average molecular weight is 595 g/mol. The van der Waals surface area contributed by atoms with Gasteiger partial charge in [0.1, 0.15) is 40.1 Å². The van der Waals surface area contributed by atoms with Crippen LogP contribution in [0.15, 0.2) is 42.4 Å². The van der Waals surface area contributed by atoms with E-state index < -0.39 is 17.9 Å². The van der Waals surface area contributed by atoms with Gasteiger partial charge in [-0.1, -0.05) is 6.58 Å². The van der Waals surface area contributed by atoms with Crippen LogP contribution in [0, 0.1) is 11.6 Å². The van der Waals surface area contributed by atoms with Gasteiger partial charge >= 0.3 is 0 Å². The van der Waals surface area contributed by atoms with Gasteiger partial charge in [0, 0.05) is 59.2 Å². The molecule has 5 heterocycles. The molecule has 0 fully saturated rings. The lowest BCUT2D eigenvalue weighted by Gasteiger charge is -2.28. The minimum atomic E-state index is -0.769. The predicted molar refractivity (Wildman–Crippen MR) is 159 cm³/mol. The molecule has 5 aromatic rings. The molecule has 6 rings (SSSR count). The van der Waals surface area contributed by atoms with E-state index in [4.69, 9.17) is 20.4 Å². The highest BCUT2D eigenvalue weighted by molar-refractivity contribution is 7.18. The van der Waals surface area contributed by atoms with Crippen LogP contribution in [0.5, 0.6) is 5.75 Å². The summed E-state index contributed by atoms with van der Waals surface area (Å²) in [6, 6.07) is 3.98. The van der Waals surface area contributed by atoms with Crippen LogP contribution >= 0.6 is 22.7 Å². The van der Waals surface area contributed by atoms with Gasteiger partial charge in [0.05, 0.1) is 34.8 Å². The number of ether oxygens (including phenoxy) is 1. The van der Waals surface area contributed by atoms with Gasteiger partial charge < -0.3 is 15.6 Å². The number of aliphatic hydroxyl groups excluding tert-OH is 1. The normalized spacial score (nSPS) is 14.5. The lowest BCUT2D eigenvalue weighted by Crippen LogP contribution is -2.37. The number of pyridine rings is 1. The summed E-state index contributed by atoms with van der Waals surface area (Å²) in [5.41, 5.74) is 9.55. The summed E-state index contributed by atoms with van der Waals surface area (Å²) in [7, 11) is 1.75. The maximum Gasteiger partial charge on any atom is 0.143 e. The molecule has 0 saturated heterocycles. The highest BCUT2D eigenvalue weighted by Gasteiger charge is 2.30. The van der Waals surface area contributed by atoms with Gasteiger partial charge in [-0.2, -0.15) is 5.10 Å². The SMILES string of the molecule is C=CC(O)N1CCc2nc(-c3nc(-c4cnn(C)c4N)c4ccsc4c3-c3c(F)cc(F)cc3OC(C)C)sc2C1. The lowest BCUT2D eigenvalue weighted by atomic mass is 9.98. The first kappa shape index (κ1) is 27.5. The largest absolute Gasteiger partial charge is 0.490 e. The Bertz CT molecular complexity index is 1790. The number of anilines is 1. The summed E-state index contributed by atoms with van der Waals surface area (Å²) in [4.78, 5) is 12.9. The molecule has 0 bridgehead atoms. The van der Waals surface area contributed by atoms with E-state index in [9.17, 15) is 9.50 Å². The Balaban J connectivity index is 1.65. The van der Waals surface area contributed by atoms with Gasteiger partial charge in [0.15, 0.2) is 0 Å². The Morgan fingerprint density at radius 3 is 2.71 bits per heavy atom. The molecule has 1 aromatic carbocycles. The van der Waals surface area contributed by atoms with Crippen molar-refractivity contribution < 1.29 is 18.6 Å². The standard InChI is InChI=1S/C29H28F2N6O2S2/c1-5-22(38)37-8-6-19-21(13-37)41-29(34-19)26-24(23-18(31)10-15(30)11-20(23)39-14(2)3)27-16(7-9-40-27)25(35-26)17-12-33-36(4)28(17)32/h5,7,9-12,14,22,38H,1,6,8,13,32H2,2-4H3. The van der Waals surface area contributed by atoms with E-state index >= 15 is 4.39 Å². The molecule has 0 aliphatic carbocycles. The van der Waals surface area contributed by atoms with Gasteiger partial charge in [0.2, 0.25) is 0 Å². The highest BCUT2D eigenvalue weighted by atomic mass is 32.1. The number of benzene rings is 1. The molecule has 1 unspecified atom stereocenters. The fraction of sp³-hybridized carbons (Fsp3) is 0.276. The monoisotopic (exact) mass is 594 g/mol. The van der Waals surface area contributed by atoms with Crippen molar-refractivity contribution >= 4 is 38.6 Å². The van der Waals surface area contributed by atoms with Crippen LogP contribution in [0.1, 0.15) is 24.4 Å². The molecular formula is C29H28F2N6O2S2. The number of nitrogens with two attached hydrogens (primary N) is 1. The second kappa shape index (κ2) is 10.6. The molecular weight excluding hydrogens is 566 g/mol. The first-order chi connectivity index (χ1) is 19.7. The number of halogens is 2. The minimum Gasteiger partial charge on any atom is -0.490 e. The number of nitrogens with zero attached hydrogens (tertiary/aromatic N) is 5. The van der Waals surface area contributed by atoms with Crippen LogP contribution in [-0.2, 0) is 20.0 Å². The van der Waals surface area contributed by atoms with Crippen LogP contribution in [0.25, 0.3) is 43.2 Å². The minimum absolute atomic E-state index is 0.0884. The first-order valence-corrected chi connectivity index (χ1v) is 14.7. The topological polar surface area (TPSA) is 102 Å². The van der Waals surface area contributed by atoms with Crippen molar-refractivity contribution in [1.82, 2.24) is 24.6 Å². The molecule has 1 aliphatic heterocycles. The van der Waals surface area contributed by atoms with Gasteiger partial charge in [-0.3, -0.25) is 9.58 Å². The Labute approximate surface area is 243 Å². The second-order valence-electron chi connectivity index (χ2n) is 10.1. The van der Waals surface area contributed by atoms with Crippen molar-refractivity contribution in [3.05, 3.63) is 64.6 Å². The molecule has 0 radical (unpaired) electrons. The van der Waals surface area contributed by atoms with Crippen LogP contribution in [0.4, 0.5) is 14.6 Å². The molecule has 0 spiro atoms. The molecule has 212 valence electrons. The second-order valence-corrected chi connectivity index (χ2v) is 12.1. The van der Waals surface area contributed by atoms with Crippen LogP contribution < -0.4 is 10.5 Å². The van der Waals surface area contributed by atoms with Gasteiger partial charge in [0.25, 0.3) is 0 Å². The fourth-order valence-electron chi connectivity index (χ4n) is 5.08. The molecule has 0 amide bonds. The van der Waals surface area contributed by atoms with E-state index in [0.717, 1.165) is 26.7 Å². The van der Waals surface area contributed by atoms with Crippen LogP contribution in [-0.4, -0.2) is 48.6 Å². The maximum absolute atomic E-state index is 15.8. The van der Waals surface area contributed by atoms with Crippen LogP contribution in [0.3, 0.4) is 0 Å². The predicted octanol–water partition coefficient (Wildman–Crippen LogP) is 6.00. The number of thiophene rings is 1. The zero-order chi connectivity index (χ0) is 29.0. The highest BCUT2D eigenvalue weighted by Crippen LogP contribution is 2.48. The number of aliphatic hydroxyl groups is 1. The first-order valence-electron chi connectivity index (χ1n) is 13.0. The summed E-state index contributed by atoms with van der Waals surface area (Å²) < 4.78 is 38.6. The van der Waals surface area contributed by atoms with Crippen molar-refractivity contribution in [3.63, 3.8) is 0 Å². The number of nitrogen functional groups attached to an aromatic ring is 1. The number of fused-ring (bicyclic) bond motifs is 2. The Morgan fingerprint density at radius 1 is 1.20 bits per heavy atom. The maximum atomic E-state index is 15.8. The van der Waals surface area contributed by atoms with Crippen molar-refractivity contribution in [3.8, 4) is 38.8 Å². The summed E-state index contributed by atoms with van der Waals surface area (Å²) in [5.74, 6) is -0.962. The zero-order valence-electron chi connectivity index (χ0n) is 22.7. The number of rotatable bonds is 7. The van der Waals surface area contributed by atoms with Crippen LogP contribution in [0.2, 0.25) is 0 Å². The third-order valence-corrected chi connectivity index (χ3v) is 9.05. The summed E-state index contributed by atoms with van der Waals surface area (Å²) in [5, 5.41) is 17.9. The zero-order valence-corrected chi connectivity index (χ0v) is 24.3. The molecule has 41 heavy (non-hydrogen) atoms. The Kier molecular flexibility index (Phi) is 7.10. The van der Waals surface area contributed by atoms with Gasteiger partial charge in [-0.25, -0.2) is 18.7 Å². The van der Waals surface area contributed by atoms with Gasteiger partial charge in [-0.05, 0) is 31.4 Å². The quantitative estimate of drug-likeness (QED) is 0.223. The molecule has 3 N–H and O–H groups in total. The molecule has 4 aromatic heterocycles. The lowest BCUT2D eigenvalue weighted by molar-refractivity contribution is 0.0325. The summed E-state index contributed by atoms with van der Waals surface area (Å²) >= 11 is 2.86. The molecule has 12 heteroatoms. The molecule has 0 saturated carbocycles. The Morgan fingerprint density at radius 2 is 2.00 bits per heavy atom. The van der Waals surface area contributed by atoms with E-state index in [2.05, 4.69) is 11.7 Å². The fourth-order valence-corrected chi connectivity index (χ4v) is 7.16. The number of thiazole rings is 1. The third-order valence-electron chi connectivity index (χ3n) is 7.03.